The lowest BCUT2D eigenvalue weighted by atomic mass is 10.0. The summed E-state index contributed by atoms with van der Waals surface area (Å²) < 4.78 is 0. The predicted octanol–water partition coefficient (Wildman–Crippen LogP) is 3.77. The Morgan fingerprint density at radius 2 is 2.19 bits per heavy atom. The van der Waals surface area contributed by atoms with Crippen molar-refractivity contribution in [2.75, 3.05) is 6.54 Å². The fourth-order valence-corrected chi connectivity index (χ4v) is 3.95. The van der Waals surface area contributed by atoms with E-state index in [2.05, 4.69) is 52.6 Å². The first-order valence-electron chi connectivity index (χ1n) is 7.18. The molecule has 0 unspecified atom stereocenters. The van der Waals surface area contributed by atoms with Crippen molar-refractivity contribution >= 4 is 28.7 Å². The lowest BCUT2D eigenvalue weighted by Crippen LogP contribution is -2.32. The van der Waals surface area contributed by atoms with Gasteiger partial charge in [0.1, 0.15) is 0 Å². The van der Waals surface area contributed by atoms with E-state index in [0.717, 1.165) is 17.4 Å². The van der Waals surface area contributed by atoms with Crippen molar-refractivity contribution in [2.45, 2.75) is 25.9 Å². The van der Waals surface area contributed by atoms with Gasteiger partial charge in [-0.15, -0.1) is 11.3 Å². The quantitative estimate of drug-likeness (QED) is 0.869. The number of hydrogen-bond acceptors (Lipinski definition) is 3. The molecule has 0 bridgehead atoms. The maximum atomic E-state index is 5.58. The molecule has 3 nitrogen and oxygen atoms in total. The second kappa shape index (κ2) is 6.12. The molecule has 0 aliphatic carbocycles. The second-order valence-corrected chi connectivity index (χ2v) is 7.05. The molecule has 1 aliphatic heterocycles. The number of pyridine rings is 1. The average Bonchev–Trinajstić information content (AvgIpc) is 3.08. The summed E-state index contributed by atoms with van der Waals surface area (Å²) >= 11 is 7.36. The standard InChI is InChI=1S/C16H19N3S2/c1-11(2)10-19-15(13-7-5-9-21-13)14(18-16(19)20)12-6-3-4-8-17-12/h3-9,11,14-15H,10H2,1-2H3,(H,18,20)/t14-,15+/m0/s1. The molecule has 3 heterocycles. The number of thiophene rings is 1. The van der Waals surface area contributed by atoms with Crippen LogP contribution in [0.2, 0.25) is 0 Å². The van der Waals surface area contributed by atoms with Crippen LogP contribution in [-0.4, -0.2) is 21.5 Å². The summed E-state index contributed by atoms with van der Waals surface area (Å²) in [5, 5.41) is 6.42. The first kappa shape index (κ1) is 14.5. The van der Waals surface area contributed by atoms with Gasteiger partial charge < -0.3 is 10.2 Å². The van der Waals surface area contributed by atoms with E-state index in [4.69, 9.17) is 12.2 Å². The topological polar surface area (TPSA) is 28.2 Å². The zero-order chi connectivity index (χ0) is 14.8. The van der Waals surface area contributed by atoms with Crippen LogP contribution in [0.15, 0.2) is 41.9 Å². The predicted molar refractivity (Wildman–Crippen MR) is 91.3 cm³/mol. The van der Waals surface area contributed by atoms with E-state index in [1.165, 1.54) is 4.88 Å². The maximum absolute atomic E-state index is 5.58. The van der Waals surface area contributed by atoms with Crippen LogP contribution >= 0.6 is 23.6 Å². The van der Waals surface area contributed by atoms with E-state index in [1.54, 1.807) is 11.3 Å². The second-order valence-electron chi connectivity index (χ2n) is 5.69. The Morgan fingerprint density at radius 1 is 1.33 bits per heavy atom. The van der Waals surface area contributed by atoms with Crippen molar-refractivity contribution in [3.63, 3.8) is 0 Å². The molecule has 21 heavy (non-hydrogen) atoms. The number of thiocarbonyl (C=S) groups is 1. The molecule has 0 saturated carbocycles. The van der Waals surface area contributed by atoms with Crippen LogP contribution in [0.5, 0.6) is 0 Å². The largest absolute Gasteiger partial charge is 0.352 e. The number of nitrogens with one attached hydrogen (secondary N) is 1. The first-order chi connectivity index (χ1) is 10.2. The van der Waals surface area contributed by atoms with Crippen LogP contribution in [0.1, 0.15) is 36.5 Å². The van der Waals surface area contributed by atoms with E-state index in [-0.39, 0.29) is 12.1 Å². The molecular formula is C16H19N3S2. The summed E-state index contributed by atoms with van der Waals surface area (Å²) in [6.07, 6.45) is 1.84. The molecule has 0 amide bonds. The normalized spacial score (nSPS) is 21.9. The highest BCUT2D eigenvalue weighted by Crippen LogP contribution is 2.40. The molecule has 2 aromatic rings. The Hall–Kier alpha value is -1.46. The van der Waals surface area contributed by atoms with Crippen molar-refractivity contribution in [3.8, 4) is 0 Å². The fourth-order valence-electron chi connectivity index (χ4n) is 2.76. The Bertz CT molecular complexity index is 595. The highest BCUT2D eigenvalue weighted by atomic mass is 32.1. The molecule has 5 heteroatoms. The van der Waals surface area contributed by atoms with Crippen molar-refractivity contribution in [2.24, 2.45) is 5.92 Å². The van der Waals surface area contributed by atoms with Gasteiger partial charge in [-0.25, -0.2) is 0 Å². The van der Waals surface area contributed by atoms with Crippen molar-refractivity contribution in [1.29, 1.82) is 0 Å². The van der Waals surface area contributed by atoms with Crippen LogP contribution < -0.4 is 5.32 Å². The van der Waals surface area contributed by atoms with Gasteiger partial charge >= 0.3 is 0 Å². The highest BCUT2D eigenvalue weighted by molar-refractivity contribution is 7.80. The molecule has 3 rings (SSSR count). The molecule has 1 fully saturated rings. The molecule has 1 aliphatic rings. The smallest absolute Gasteiger partial charge is 0.170 e. The van der Waals surface area contributed by atoms with Gasteiger partial charge in [0.05, 0.1) is 17.8 Å². The SMILES string of the molecule is CC(C)CN1C(=S)N[C@@H](c2ccccn2)[C@H]1c1cccs1. The Morgan fingerprint density at radius 3 is 2.81 bits per heavy atom. The van der Waals surface area contributed by atoms with Crippen molar-refractivity contribution in [3.05, 3.63) is 52.5 Å². The van der Waals surface area contributed by atoms with E-state index < -0.39 is 0 Å². The number of aromatic nitrogens is 1. The van der Waals surface area contributed by atoms with Gasteiger partial charge in [0.25, 0.3) is 0 Å². The van der Waals surface area contributed by atoms with Gasteiger partial charge in [-0.3, -0.25) is 4.98 Å². The molecule has 1 N–H and O–H groups in total. The summed E-state index contributed by atoms with van der Waals surface area (Å²) in [6, 6.07) is 10.7. The minimum absolute atomic E-state index is 0.121. The summed E-state index contributed by atoms with van der Waals surface area (Å²) in [5.41, 5.74) is 1.05. The molecule has 2 atom stereocenters. The van der Waals surface area contributed by atoms with Crippen LogP contribution in [0.25, 0.3) is 0 Å². The van der Waals surface area contributed by atoms with Crippen molar-refractivity contribution in [1.82, 2.24) is 15.2 Å². The minimum Gasteiger partial charge on any atom is -0.352 e. The van der Waals surface area contributed by atoms with E-state index in [0.29, 0.717) is 5.92 Å². The Kier molecular flexibility index (Phi) is 4.22. The maximum Gasteiger partial charge on any atom is 0.170 e. The van der Waals surface area contributed by atoms with E-state index in [1.807, 2.05) is 18.3 Å². The molecule has 110 valence electrons. The third kappa shape index (κ3) is 2.94. The molecule has 0 spiro atoms. The first-order valence-corrected chi connectivity index (χ1v) is 8.47. The van der Waals surface area contributed by atoms with Gasteiger partial charge in [0.15, 0.2) is 5.11 Å². The van der Waals surface area contributed by atoms with Crippen LogP contribution in [0.3, 0.4) is 0 Å². The molecule has 0 aromatic carbocycles. The van der Waals surface area contributed by atoms with Gasteiger partial charge in [0.2, 0.25) is 0 Å². The van der Waals surface area contributed by atoms with Gasteiger partial charge in [-0.2, -0.15) is 0 Å². The van der Waals surface area contributed by atoms with Gasteiger partial charge in [0, 0.05) is 17.6 Å². The van der Waals surface area contributed by atoms with Gasteiger partial charge in [-0.1, -0.05) is 26.0 Å². The van der Waals surface area contributed by atoms with E-state index in [9.17, 15) is 0 Å². The zero-order valence-corrected chi connectivity index (χ0v) is 13.8. The van der Waals surface area contributed by atoms with Crippen LogP contribution in [-0.2, 0) is 0 Å². The summed E-state index contributed by atoms with van der Waals surface area (Å²) in [7, 11) is 0. The molecule has 0 radical (unpaired) electrons. The number of rotatable bonds is 4. The lowest BCUT2D eigenvalue weighted by molar-refractivity contribution is 0.291. The molecule has 1 saturated heterocycles. The average molecular weight is 317 g/mol. The summed E-state index contributed by atoms with van der Waals surface area (Å²) in [4.78, 5) is 8.17. The monoisotopic (exact) mass is 317 g/mol. The third-order valence-corrected chi connectivity index (χ3v) is 4.89. The minimum atomic E-state index is 0.121. The van der Waals surface area contributed by atoms with Crippen molar-refractivity contribution < 1.29 is 0 Å². The number of hydrogen-bond donors (Lipinski definition) is 1. The van der Waals surface area contributed by atoms with Crippen LogP contribution in [0, 0.1) is 5.92 Å². The summed E-state index contributed by atoms with van der Waals surface area (Å²) in [6.45, 7) is 5.40. The zero-order valence-electron chi connectivity index (χ0n) is 12.2. The Balaban J connectivity index is 1.98. The molecular weight excluding hydrogens is 298 g/mol. The van der Waals surface area contributed by atoms with E-state index >= 15 is 0 Å². The molecule has 2 aromatic heterocycles. The van der Waals surface area contributed by atoms with Gasteiger partial charge in [-0.05, 0) is 41.7 Å². The van der Waals surface area contributed by atoms with Crippen LogP contribution in [0.4, 0.5) is 0 Å². The number of nitrogens with zero attached hydrogens (tertiary/aromatic N) is 2. The highest BCUT2D eigenvalue weighted by Gasteiger charge is 2.40. The third-order valence-electron chi connectivity index (χ3n) is 3.59. The lowest BCUT2D eigenvalue weighted by Gasteiger charge is -2.28. The summed E-state index contributed by atoms with van der Waals surface area (Å²) in [5.74, 6) is 0.565. The fraction of sp³-hybridized carbons (Fsp3) is 0.375. The Labute approximate surface area is 135 Å².